The molecule has 2 heterocycles. The summed E-state index contributed by atoms with van der Waals surface area (Å²) in [6.07, 6.45) is 0.841. The molecule has 0 fully saturated rings. The quantitative estimate of drug-likeness (QED) is 0.924. The first-order valence-corrected chi connectivity index (χ1v) is 6.98. The Bertz CT molecular complexity index is 598. The third-order valence-corrected chi connectivity index (χ3v) is 3.64. The molecule has 3 rings (SSSR count). The Morgan fingerprint density at radius 1 is 1.32 bits per heavy atom. The average molecular weight is 320 g/mol. The molecule has 5 heteroatoms. The van der Waals surface area contributed by atoms with Crippen LogP contribution in [-0.2, 0) is 17.8 Å². The van der Waals surface area contributed by atoms with Crippen LogP contribution in [0.3, 0.4) is 0 Å². The second-order valence-corrected chi connectivity index (χ2v) is 5.30. The molecule has 0 saturated heterocycles. The molecule has 1 aliphatic heterocycles. The van der Waals surface area contributed by atoms with Gasteiger partial charge in [0.25, 0.3) is 0 Å². The van der Waals surface area contributed by atoms with Crippen molar-refractivity contribution in [2.45, 2.75) is 13.0 Å². The van der Waals surface area contributed by atoms with Gasteiger partial charge < -0.3 is 10.1 Å². The van der Waals surface area contributed by atoms with Gasteiger partial charge in [-0.3, -0.25) is 0 Å². The number of fused-ring (bicyclic) bond motifs is 1. The number of aromatic nitrogens is 2. The van der Waals surface area contributed by atoms with Gasteiger partial charge in [0, 0.05) is 29.1 Å². The van der Waals surface area contributed by atoms with E-state index in [-0.39, 0.29) is 0 Å². The fourth-order valence-electron chi connectivity index (χ4n) is 2.20. The van der Waals surface area contributed by atoms with E-state index in [9.17, 15) is 0 Å². The number of rotatable bonds is 2. The SMILES string of the molecule is CNc1nc(-c2cccc(Br)c2)nc2c1COCC2. The highest BCUT2D eigenvalue weighted by atomic mass is 79.9. The first-order valence-electron chi connectivity index (χ1n) is 6.19. The van der Waals surface area contributed by atoms with Gasteiger partial charge in [-0.25, -0.2) is 9.97 Å². The highest BCUT2D eigenvalue weighted by Crippen LogP contribution is 2.27. The number of nitrogens with zero attached hydrogens (tertiary/aromatic N) is 2. The van der Waals surface area contributed by atoms with Crippen LogP contribution in [0, 0.1) is 0 Å². The molecule has 0 unspecified atom stereocenters. The van der Waals surface area contributed by atoms with Crippen molar-refractivity contribution in [3.63, 3.8) is 0 Å². The van der Waals surface area contributed by atoms with Crippen LogP contribution in [0.1, 0.15) is 11.3 Å². The fraction of sp³-hybridized carbons (Fsp3) is 0.286. The molecule has 1 N–H and O–H groups in total. The van der Waals surface area contributed by atoms with Crippen molar-refractivity contribution in [1.82, 2.24) is 9.97 Å². The van der Waals surface area contributed by atoms with Gasteiger partial charge in [-0.05, 0) is 12.1 Å². The number of hydrogen-bond acceptors (Lipinski definition) is 4. The van der Waals surface area contributed by atoms with Gasteiger partial charge in [-0.2, -0.15) is 0 Å². The van der Waals surface area contributed by atoms with Gasteiger partial charge in [0.1, 0.15) is 5.82 Å². The summed E-state index contributed by atoms with van der Waals surface area (Å²) in [5.74, 6) is 1.62. The molecule has 0 bridgehead atoms. The van der Waals surface area contributed by atoms with Crippen LogP contribution in [-0.4, -0.2) is 23.6 Å². The largest absolute Gasteiger partial charge is 0.376 e. The molecule has 0 spiro atoms. The highest BCUT2D eigenvalue weighted by molar-refractivity contribution is 9.10. The monoisotopic (exact) mass is 319 g/mol. The van der Waals surface area contributed by atoms with E-state index >= 15 is 0 Å². The fourth-order valence-corrected chi connectivity index (χ4v) is 2.59. The summed E-state index contributed by atoms with van der Waals surface area (Å²) in [5, 5.41) is 3.14. The Balaban J connectivity index is 2.12. The maximum atomic E-state index is 5.48. The molecule has 98 valence electrons. The van der Waals surface area contributed by atoms with Crippen LogP contribution in [0.5, 0.6) is 0 Å². The van der Waals surface area contributed by atoms with Crippen molar-refractivity contribution < 1.29 is 4.74 Å². The molecule has 19 heavy (non-hydrogen) atoms. The molecule has 1 aromatic carbocycles. The molecular weight excluding hydrogens is 306 g/mol. The molecule has 0 radical (unpaired) electrons. The van der Waals surface area contributed by atoms with E-state index in [4.69, 9.17) is 4.74 Å². The maximum absolute atomic E-state index is 5.48. The zero-order valence-electron chi connectivity index (χ0n) is 10.6. The van der Waals surface area contributed by atoms with E-state index in [2.05, 4.69) is 31.2 Å². The summed E-state index contributed by atoms with van der Waals surface area (Å²) in [5.41, 5.74) is 3.17. The molecule has 0 aliphatic carbocycles. The van der Waals surface area contributed by atoms with Crippen molar-refractivity contribution in [3.05, 3.63) is 40.0 Å². The maximum Gasteiger partial charge on any atom is 0.161 e. The average Bonchev–Trinajstić information content (AvgIpc) is 2.46. The lowest BCUT2D eigenvalue weighted by Gasteiger charge is -2.19. The molecular formula is C14H14BrN3O. The molecule has 0 saturated carbocycles. The van der Waals surface area contributed by atoms with Crippen LogP contribution in [0.25, 0.3) is 11.4 Å². The number of halogens is 1. The predicted molar refractivity (Wildman–Crippen MR) is 78.1 cm³/mol. The summed E-state index contributed by atoms with van der Waals surface area (Å²) in [7, 11) is 1.88. The molecule has 1 aliphatic rings. The van der Waals surface area contributed by atoms with Crippen molar-refractivity contribution in [2.24, 2.45) is 0 Å². The van der Waals surface area contributed by atoms with Crippen LogP contribution in [0.4, 0.5) is 5.82 Å². The molecule has 0 atom stereocenters. The minimum absolute atomic E-state index is 0.588. The van der Waals surface area contributed by atoms with E-state index in [1.54, 1.807) is 0 Å². The van der Waals surface area contributed by atoms with Crippen LogP contribution in [0.15, 0.2) is 28.7 Å². The summed E-state index contributed by atoms with van der Waals surface area (Å²) < 4.78 is 6.50. The second kappa shape index (κ2) is 5.27. The number of benzene rings is 1. The minimum atomic E-state index is 0.588. The standard InChI is InChI=1S/C14H14BrN3O/c1-16-14-11-8-19-6-5-12(11)17-13(18-14)9-3-2-4-10(15)7-9/h2-4,7H,5-6,8H2,1H3,(H,16,17,18). The van der Waals surface area contributed by atoms with E-state index in [0.29, 0.717) is 6.61 Å². The van der Waals surface area contributed by atoms with Gasteiger partial charge >= 0.3 is 0 Å². The Kier molecular flexibility index (Phi) is 3.48. The Hall–Kier alpha value is -1.46. The van der Waals surface area contributed by atoms with Crippen molar-refractivity contribution in [1.29, 1.82) is 0 Å². The Labute approximate surface area is 120 Å². The Morgan fingerprint density at radius 3 is 3.00 bits per heavy atom. The van der Waals surface area contributed by atoms with Gasteiger partial charge in [0.05, 0.1) is 18.9 Å². The number of ether oxygens (including phenoxy) is 1. The van der Waals surface area contributed by atoms with Gasteiger partial charge in [0.15, 0.2) is 5.82 Å². The summed E-state index contributed by atoms with van der Waals surface area (Å²) in [6, 6.07) is 8.03. The van der Waals surface area contributed by atoms with Crippen molar-refractivity contribution >= 4 is 21.7 Å². The second-order valence-electron chi connectivity index (χ2n) is 4.38. The topological polar surface area (TPSA) is 47.0 Å². The van der Waals surface area contributed by atoms with Crippen LogP contribution in [0.2, 0.25) is 0 Å². The van der Waals surface area contributed by atoms with Gasteiger partial charge in [-0.15, -0.1) is 0 Å². The zero-order chi connectivity index (χ0) is 13.2. The lowest BCUT2D eigenvalue weighted by molar-refractivity contribution is 0.109. The molecule has 4 nitrogen and oxygen atoms in total. The first-order chi connectivity index (χ1) is 9.28. The summed E-state index contributed by atoms with van der Waals surface area (Å²) in [4.78, 5) is 9.27. The normalized spacial score (nSPS) is 14.0. The lowest BCUT2D eigenvalue weighted by atomic mass is 10.1. The Morgan fingerprint density at radius 2 is 2.21 bits per heavy atom. The van der Waals surface area contributed by atoms with Crippen molar-refractivity contribution in [3.8, 4) is 11.4 Å². The minimum Gasteiger partial charge on any atom is -0.376 e. The number of nitrogens with one attached hydrogen (secondary N) is 1. The molecule has 1 aromatic heterocycles. The van der Waals surface area contributed by atoms with E-state index < -0.39 is 0 Å². The number of hydrogen-bond donors (Lipinski definition) is 1. The lowest BCUT2D eigenvalue weighted by Crippen LogP contribution is -2.16. The highest BCUT2D eigenvalue weighted by Gasteiger charge is 2.18. The predicted octanol–water partition coefficient (Wildman–Crippen LogP) is 3.02. The van der Waals surface area contributed by atoms with Crippen molar-refractivity contribution in [2.75, 3.05) is 19.0 Å². The zero-order valence-corrected chi connectivity index (χ0v) is 12.2. The third-order valence-electron chi connectivity index (χ3n) is 3.14. The summed E-state index contributed by atoms with van der Waals surface area (Å²) in [6.45, 7) is 1.31. The van der Waals surface area contributed by atoms with Gasteiger partial charge in [0.2, 0.25) is 0 Å². The third kappa shape index (κ3) is 2.48. The van der Waals surface area contributed by atoms with Gasteiger partial charge in [-0.1, -0.05) is 28.1 Å². The molecule has 0 amide bonds. The van der Waals surface area contributed by atoms with E-state index in [1.165, 1.54) is 0 Å². The van der Waals surface area contributed by atoms with E-state index in [0.717, 1.165) is 46.0 Å². The molecule has 2 aromatic rings. The summed E-state index contributed by atoms with van der Waals surface area (Å²) >= 11 is 3.48. The smallest absolute Gasteiger partial charge is 0.161 e. The van der Waals surface area contributed by atoms with Crippen LogP contribution < -0.4 is 5.32 Å². The van der Waals surface area contributed by atoms with E-state index in [1.807, 2.05) is 31.3 Å². The van der Waals surface area contributed by atoms with Crippen LogP contribution >= 0.6 is 15.9 Å². The first kappa shape index (κ1) is 12.6. The number of anilines is 1.